The van der Waals surface area contributed by atoms with E-state index in [1.165, 1.54) is 11.6 Å². The van der Waals surface area contributed by atoms with Crippen LogP contribution in [0.4, 0.5) is 8.78 Å². The first-order chi connectivity index (χ1) is 15.6. The fourth-order valence-electron chi connectivity index (χ4n) is 4.78. The van der Waals surface area contributed by atoms with Crippen LogP contribution in [0.5, 0.6) is 0 Å². The number of amides is 1. The molecule has 1 saturated heterocycles. The summed E-state index contributed by atoms with van der Waals surface area (Å²) in [6.45, 7) is 0.982. The topological polar surface area (TPSA) is 32.3 Å². The molecule has 0 saturated carbocycles. The lowest BCUT2D eigenvalue weighted by atomic mass is 9.96. The van der Waals surface area contributed by atoms with Gasteiger partial charge in [0.25, 0.3) is 0 Å². The summed E-state index contributed by atoms with van der Waals surface area (Å²) >= 11 is 0. The zero-order valence-corrected chi connectivity index (χ0v) is 17.5. The maximum Gasteiger partial charge on any atom is 0.240 e. The van der Waals surface area contributed by atoms with Crippen LogP contribution >= 0.6 is 0 Å². The molecule has 0 bridgehead atoms. The highest BCUT2D eigenvalue weighted by Gasteiger charge is 2.38. The van der Waals surface area contributed by atoms with Crippen LogP contribution in [0.1, 0.15) is 35.1 Å². The van der Waals surface area contributed by atoms with Crippen LogP contribution in [0.25, 0.3) is 5.57 Å². The van der Waals surface area contributed by atoms with Crippen molar-refractivity contribution in [2.45, 2.75) is 24.4 Å². The number of hydrogen-bond donors (Lipinski definition) is 1. The quantitative estimate of drug-likeness (QED) is 0.626. The van der Waals surface area contributed by atoms with Crippen LogP contribution in [-0.4, -0.2) is 29.9 Å². The second kappa shape index (κ2) is 8.67. The van der Waals surface area contributed by atoms with Crippen molar-refractivity contribution in [2.75, 3.05) is 13.1 Å². The number of benzene rings is 3. The van der Waals surface area contributed by atoms with Crippen molar-refractivity contribution in [3.05, 3.63) is 113 Å². The molecule has 5 heteroatoms. The van der Waals surface area contributed by atoms with Gasteiger partial charge in [-0.3, -0.25) is 4.79 Å². The lowest BCUT2D eigenvalue weighted by Gasteiger charge is -2.28. The average molecular weight is 430 g/mol. The van der Waals surface area contributed by atoms with Gasteiger partial charge in [-0.25, -0.2) is 8.78 Å². The zero-order valence-electron chi connectivity index (χ0n) is 17.5. The molecule has 0 spiro atoms. The molecule has 5 rings (SSSR count). The van der Waals surface area contributed by atoms with Crippen LogP contribution in [0.3, 0.4) is 0 Å². The van der Waals surface area contributed by atoms with E-state index >= 15 is 0 Å². The highest BCUT2D eigenvalue weighted by molar-refractivity contribution is 5.87. The fourth-order valence-corrected chi connectivity index (χ4v) is 4.78. The molecule has 0 aromatic heterocycles. The molecule has 0 radical (unpaired) electrons. The summed E-state index contributed by atoms with van der Waals surface area (Å²) in [4.78, 5) is 15.4. The summed E-state index contributed by atoms with van der Waals surface area (Å²) in [6, 6.07) is 22.7. The van der Waals surface area contributed by atoms with E-state index in [9.17, 15) is 13.6 Å². The zero-order chi connectivity index (χ0) is 22.1. The van der Waals surface area contributed by atoms with Crippen LogP contribution < -0.4 is 5.32 Å². The molecule has 3 atom stereocenters. The van der Waals surface area contributed by atoms with Gasteiger partial charge in [-0.2, -0.15) is 0 Å². The summed E-state index contributed by atoms with van der Waals surface area (Å²) in [5.41, 5.74) is 3.01. The lowest BCUT2D eigenvalue weighted by molar-refractivity contribution is -0.133. The number of rotatable bonds is 4. The van der Waals surface area contributed by atoms with Gasteiger partial charge in [0.05, 0.1) is 12.1 Å². The first-order valence-electron chi connectivity index (χ1n) is 10.9. The molecule has 1 N–H and O–H groups in total. The van der Waals surface area contributed by atoms with Gasteiger partial charge in [-0.05, 0) is 47.2 Å². The molecule has 2 aliphatic heterocycles. The Kier molecular flexibility index (Phi) is 5.58. The van der Waals surface area contributed by atoms with Gasteiger partial charge in [0, 0.05) is 18.7 Å². The Morgan fingerprint density at radius 1 is 0.906 bits per heavy atom. The smallest absolute Gasteiger partial charge is 0.240 e. The molecule has 3 aromatic carbocycles. The van der Waals surface area contributed by atoms with Crippen LogP contribution in [0.15, 0.2) is 84.9 Å². The third-order valence-electron chi connectivity index (χ3n) is 6.43. The van der Waals surface area contributed by atoms with Crippen molar-refractivity contribution in [3.63, 3.8) is 0 Å². The Morgan fingerprint density at radius 2 is 1.59 bits per heavy atom. The summed E-state index contributed by atoms with van der Waals surface area (Å²) in [6.07, 6.45) is 2.60. The molecule has 1 fully saturated rings. The molecule has 3 nitrogen and oxygen atoms in total. The fraction of sp³-hybridized carbons (Fsp3) is 0.222. The molecule has 162 valence electrons. The number of nitrogens with one attached hydrogen (secondary N) is 1. The Hall–Kier alpha value is -3.31. The minimum atomic E-state index is -0.494. The Bertz CT molecular complexity index is 1150. The van der Waals surface area contributed by atoms with E-state index in [-0.39, 0.29) is 36.0 Å². The minimum absolute atomic E-state index is 0.0136. The van der Waals surface area contributed by atoms with Crippen molar-refractivity contribution < 1.29 is 13.6 Å². The molecule has 32 heavy (non-hydrogen) atoms. The molecule has 2 aliphatic rings. The van der Waals surface area contributed by atoms with E-state index in [1.54, 1.807) is 4.90 Å². The van der Waals surface area contributed by atoms with Crippen LogP contribution in [0, 0.1) is 11.6 Å². The van der Waals surface area contributed by atoms with E-state index in [1.807, 2.05) is 54.6 Å². The van der Waals surface area contributed by atoms with Crippen LogP contribution in [-0.2, 0) is 4.79 Å². The number of halogens is 2. The summed E-state index contributed by atoms with van der Waals surface area (Å²) in [5, 5.41) is 3.38. The third kappa shape index (κ3) is 3.96. The van der Waals surface area contributed by atoms with Crippen molar-refractivity contribution in [1.29, 1.82) is 0 Å². The van der Waals surface area contributed by atoms with Crippen LogP contribution in [0.2, 0.25) is 0 Å². The SMILES string of the molecule is O=C([C@H]1C[C@@H](c2ccccc2)CN1)N1CC(c2cc(F)ccc2F)=CC1c1ccccc1. The van der Waals surface area contributed by atoms with Gasteiger partial charge in [0.2, 0.25) is 5.91 Å². The number of carbonyl (C=O) groups is 1. The van der Waals surface area contributed by atoms with E-state index in [2.05, 4.69) is 17.4 Å². The second-order valence-corrected chi connectivity index (χ2v) is 8.44. The minimum Gasteiger partial charge on any atom is -0.326 e. The first kappa shape index (κ1) is 20.6. The van der Waals surface area contributed by atoms with Crippen molar-refractivity contribution in [2.24, 2.45) is 0 Å². The van der Waals surface area contributed by atoms with Gasteiger partial charge < -0.3 is 10.2 Å². The number of hydrogen-bond acceptors (Lipinski definition) is 2. The lowest BCUT2D eigenvalue weighted by Crippen LogP contribution is -2.43. The number of carbonyl (C=O) groups excluding carboxylic acids is 1. The predicted molar refractivity (Wildman–Crippen MR) is 121 cm³/mol. The van der Waals surface area contributed by atoms with Gasteiger partial charge in [-0.15, -0.1) is 0 Å². The van der Waals surface area contributed by atoms with Gasteiger partial charge >= 0.3 is 0 Å². The third-order valence-corrected chi connectivity index (χ3v) is 6.43. The Balaban J connectivity index is 1.42. The molecular formula is C27H24F2N2O. The van der Waals surface area contributed by atoms with E-state index in [4.69, 9.17) is 0 Å². The summed E-state index contributed by atoms with van der Waals surface area (Å²) in [7, 11) is 0. The monoisotopic (exact) mass is 430 g/mol. The van der Waals surface area contributed by atoms with Gasteiger partial charge in [0.15, 0.2) is 0 Å². The standard InChI is InChI=1S/C27H24F2N2O/c28-22-11-12-24(29)23(15-22)21-14-26(19-9-5-2-6-10-19)31(17-21)27(32)25-13-20(16-30-25)18-7-3-1-4-8-18/h1-12,14-15,20,25-26,30H,13,16-17H2/t20-,25-,26?/m1/s1. The predicted octanol–water partition coefficient (Wildman–Crippen LogP) is 5.08. The molecule has 0 aliphatic carbocycles. The van der Waals surface area contributed by atoms with E-state index < -0.39 is 11.6 Å². The van der Waals surface area contributed by atoms with E-state index in [0.717, 1.165) is 24.2 Å². The molecular weight excluding hydrogens is 406 g/mol. The normalized spacial score (nSPS) is 22.8. The van der Waals surface area contributed by atoms with Crippen molar-refractivity contribution in [3.8, 4) is 0 Å². The first-order valence-corrected chi connectivity index (χ1v) is 10.9. The van der Waals surface area contributed by atoms with E-state index in [0.29, 0.717) is 12.0 Å². The van der Waals surface area contributed by atoms with Crippen molar-refractivity contribution >= 4 is 11.5 Å². The second-order valence-electron chi connectivity index (χ2n) is 8.44. The largest absolute Gasteiger partial charge is 0.326 e. The van der Waals surface area contributed by atoms with Gasteiger partial charge in [0.1, 0.15) is 11.6 Å². The van der Waals surface area contributed by atoms with Crippen molar-refractivity contribution in [1.82, 2.24) is 10.2 Å². The Morgan fingerprint density at radius 3 is 2.31 bits per heavy atom. The highest BCUT2D eigenvalue weighted by Crippen LogP contribution is 2.37. The van der Waals surface area contributed by atoms with Gasteiger partial charge in [-0.1, -0.05) is 66.7 Å². The molecule has 3 aromatic rings. The molecule has 1 unspecified atom stereocenters. The summed E-state index contributed by atoms with van der Waals surface area (Å²) in [5.74, 6) is -0.718. The Labute approximate surface area is 186 Å². The highest BCUT2D eigenvalue weighted by atomic mass is 19.1. The molecule has 1 amide bonds. The maximum atomic E-state index is 14.5. The molecule has 2 heterocycles. The summed E-state index contributed by atoms with van der Waals surface area (Å²) < 4.78 is 28.3. The maximum absolute atomic E-state index is 14.5. The number of nitrogens with zero attached hydrogens (tertiary/aromatic N) is 1. The average Bonchev–Trinajstić information content (AvgIpc) is 3.50.